The minimum atomic E-state index is -0.116. The average Bonchev–Trinajstić information content (AvgIpc) is 2.72. The van der Waals surface area contributed by atoms with Crippen LogP contribution in [0, 0.1) is 46.3 Å². The third-order valence-corrected chi connectivity index (χ3v) is 10.7. The number of rotatable bonds is 4. The molecule has 8 saturated carbocycles. The zero-order valence-electron chi connectivity index (χ0n) is 19.3. The second kappa shape index (κ2) is 6.96. The molecular weight excluding hydrogens is 396 g/mol. The molecule has 1 unspecified atom stereocenters. The quantitative estimate of drug-likeness (QED) is 0.621. The summed E-state index contributed by atoms with van der Waals surface area (Å²) in [6, 6.07) is -0.0871. The third-order valence-electron chi connectivity index (χ3n) is 10.7. The summed E-state index contributed by atoms with van der Waals surface area (Å²) in [6.07, 6.45) is 21.8. The molecule has 0 aromatic heterocycles. The van der Waals surface area contributed by atoms with Gasteiger partial charge in [0.05, 0.1) is 11.5 Å². The SMILES string of the molecule is O=C(NC1=CC(NC(=O)C23CC4CC(CC(C4)C2)C3)C=CC1)C12CC3CC(CC(C3)C1)C2. The molecule has 2 N–H and O–H groups in total. The first-order valence-corrected chi connectivity index (χ1v) is 13.5. The van der Waals surface area contributed by atoms with Crippen molar-refractivity contribution in [2.24, 2.45) is 46.3 Å². The first-order valence-electron chi connectivity index (χ1n) is 13.5. The van der Waals surface area contributed by atoms with E-state index in [1.807, 2.05) is 0 Å². The molecular formula is C28H38N2O2. The first kappa shape index (κ1) is 19.9. The molecule has 9 aliphatic rings. The van der Waals surface area contributed by atoms with E-state index in [0.717, 1.165) is 86.2 Å². The fourth-order valence-electron chi connectivity index (χ4n) is 10.2. The summed E-state index contributed by atoms with van der Waals surface area (Å²) in [5.74, 6) is 5.21. The zero-order chi connectivity index (χ0) is 21.5. The van der Waals surface area contributed by atoms with Gasteiger partial charge in [0.2, 0.25) is 11.8 Å². The monoisotopic (exact) mass is 434 g/mol. The highest BCUT2D eigenvalue weighted by Crippen LogP contribution is 2.61. The van der Waals surface area contributed by atoms with Crippen LogP contribution in [0.5, 0.6) is 0 Å². The van der Waals surface area contributed by atoms with Gasteiger partial charge in [-0.25, -0.2) is 0 Å². The van der Waals surface area contributed by atoms with E-state index in [4.69, 9.17) is 0 Å². The largest absolute Gasteiger partial charge is 0.346 e. The Morgan fingerprint density at radius 1 is 0.688 bits per heavy atom. The summed E-state index contributed by atoms with van der Waals surface area (Å²) >= 11 is 0. The maximum Gasteiger partial charge on any atom is 0.230 e. The van der Waals surface area contributed by atoms with Crippen molar-refractivity contribution in [1.82, 2.24) is 10.6 Å². The van der Waals surface area contributed by atoms with E-state index < -0.39 is 0 Å². The number of carbonyl (C=O) groups excluding carboxylic acids is 2. The van der Waals surface area contributed by atoms with Gasteiger partial charge < -0.3 is 10.6 Å². The summed E-state index contributed by atoms with van der Waals surface area (Å²) in [5.41, 5.74) is 0.759. The minimum Gasteiger partial charge on any atom is -0.346 e. The van der Waals surface area contributed by atoms with Crippen LogP contribution in [0.25, 0.3) is 0 Å². The number of hydrogen-bond donors (Lipinski definition) is 2. The van der Waals surface area contributed by atoms with Gasteiger partial charge in [-0.15, -0.1) is 0 Å². The molecule has 0 aliphatic heterocycles. The van der Waals surface area contributed by atoms with Crippen LogP contribution in [0.4, 0.5) is 0 Å². The molecule has 0 radical (unpaired) electrons. The molecule has 1 atom stereocenters. The molecule has 9 rings (SSSR count). The number of hydrogen-bond acceptors (Lipinski definition) is 2. The second-order valence-corrected chi connectivity index (χ2v) is 13.2. The van der Waals surface area contributed by atoms with Gasteiger partial charge in [0.1, 0.15) is 0 Å². The van der Waals surface area contributed by atoms with Gasteiger partial charge in [-0.1, -0.05) is 12.2 Å². The fourth-order valence-corrected chi connectivity index (χ4v) is 10.2. The van der Waals surface area contributed by atoms with Crippen molar-refractivity contribution in [2.75, 3.05) is 0 Å². The van der Waals surface area contributed by atoms with Crippen molar-refractivity contribution in [3.8, 4) is 0 Å². The number of nitrogens with one attached hydrogen (secondary N) is 2. The maximum absolute atomic E-state index is 13.5. The highest BCUT2D eigenvalue weighted by Gasteiger charge is 2.56. The lowest BCUT2D eigenvalue weighted by Gasteiger charge is -2.56. The summed E-state index contributed by atoms with van der Waals surface area (Å²) in [5, 5.41) is 6.70. The predicted octanol–water partition coefficient (Wildman–Crippen LogP) is 4.86. The molecule has 32 heavy (non-hydrogen) atoms. The van der Waals surface area contributed by atoms with Crippen LogP contribution < -0.4 is 10.6 Å². The lowest BCUT2D eigenvalue weighted by atomic mass is 9.49. The van der Waals surface area contributed by atoms with Gasteiger partial charge in [0.15, 0.2) is 0 Å². The highest BCUT2D eigenvalue weighted by molar-refractivity contribution is 5.85. The van der Waals surface area contributed by atoms with E-state index in [1.54, 1.807) is 0 Å². The first-order chi connectivity index (χ1) is 15.5. The molecule has 0 spiro atoms. The van der Waals surface area contributed by atoms with Crippen molar-refractivity contribution in [1.29, 1.82) is 0 Å². The Balaban J connectivity index is 1.03. The fraction of sp³-hybridized carbons (Fsp3) is 0.786. The molecule has 0 aromatic carbocycles. The van der Waals surface area contributed by atoms with Crippen LogP contribution >= 0.6 is 0 Å². The van der Waals surface area contributed by atoms with Gasteiger partial charge in [-0.2, -0.15) is 0 Å². The average molecular weight is 435 g/mol. The lowest BCUT2D eigenvalue weighted by molar-refractivity contribution is -0.146. The smallest absolute Gasteiger partial charge is 0.230 e. The summed E-state index contributed by atoms with van der Waals surface area (Å²) in [6.45, 7) is 0. The van der Waals surface area contributed by atoms with E-state index in [-0.39, 0.29) is 28.7 Å². The number of amides is 2. The van der Waals surface area contributed by atoms with E-state index in [2.05, 4.69) is 28.9 Å². The second-order valence-electron chi connectivity index (χ2n) is 13.2. The van der Waals surface area contributed by atoms with Gasteiger partial charge in [0, 0.05) is 17.5 Å². The molecule has 8 bridgehead atoms. The minimum absolute atomic E-state index is 0.0871. The van der Waals surface area contributed by atoms with Crippen molar-refractivity contribution in [3.05, 3.63) is 23.9 Å². The Bertz CT molecular complexity index is 829. The zero-order valence-corrected chi connectivity index (χ0v) is 19.3. The Morgan fingerprint density at radius 3 is 1.59 bits per heavy atom. The molecule has 9 aliphatic carbocycles. The molecule has 8 fully saturated rings. The molecule has 0 heterocycles. The summed E-state index contributed by atoms with van der Waals surface area (Å²) in [4.78, 5) is 26.9. The third kappa shape index (κ3) is 3.15. The topological polar surface area (TPSA) is 58.2 Å². The lowest BCUT2D eigenvalue weighted by Crippen LogP contribution is -2.55. The normalized spacial score (nSPS) is 49.8. The van der Waals surface area contributed by atoms with Gasteiger partial charge >= 0.3 is 0 Å². The van der Waals surface area contributed by atoms with Crippen LogP contribution in [0.2, 0.25) is 0 Å². The van der Waals surface area contributed by atoms with E-state index in [9.17, 15) is 9.59 Å². The van der Waals surface area contributed by atoms with Gasteiger partial charge in [-0.05, 0) is 119 Å². The van der Waals surface area contributed by atoms with Gasteiger partial charge in [-0.3, -0.25) is 9.59 Å². The van der Waals surface area contributed by atoms with Crippen molar-refractivity contribution in [2.45, 2.75) is 89.5 Å². The van der Waals surface area contributed by atoms with Crippen molar-refractivity contribution < 1.29 is 9.59 Å². The standard InChI is InChI=1S/C28H38N2O2/c31-25(27-11-17-4-18(12-27)6-19(5-17)13-27)29-23-2-1-3-24(10-23)30-26(32)28-14-20-7-21(15-28)9-22(8-20)16-28/h1-2,10,17-23H,3-9,11-16H2,(H,29,31)(H,30,32). The summed E-state index contributed by atoms with van der Waals surface area (Å²) in [7, 11) is 0. The molecule has 0 aromatic rings. The van der Waals surface area contributed by atoms with Crippen LogP contribution in [0.3, 0.4) is 0 Å². The van der Waals surface area contributed by atoms with Crippen LogP contribution in [-0.4, -0.2) is 17.9 Å². The highest BCUT2D eigenvalue weighted by atomic mass is 16.2. The van der Waals surface area contributed by atoms with E-state index in [1.165, 1.54) is 38.5 Å². The maximum atomic E-state index is 13.5. The Labute approximate surface area is 192 Å². The molecule has 0 saturated heterocycles. The molecule has 4 nitrogen and oxygen atoms in total. The number of allylic oxidation sites excluding steroid dienone is 1. The van der Waals surface area contributed by atoms with Crippen LogP contribution in [0.1, 0.15) is 83.5 Å². The number of carbonyl (C=O) groups is 2. The van der Waals surface area contributed by atoms with Crippen LogP contribution in [-0.2, 0) is 9.59 Å². The van der Waals surface area contributed by atoms with E-state index >= 15 is 0 Å². The molecule has 4 heteroatoms. The van der Waals surface area contributed by atoms with E-state index in [0.29, 0.717) is 0 Å². The van der Waals surface area contributed by atoms with Crippen LogP contribution in [0.15, 0.2) is 23.9 Å². The van der Waals surface area contributed by atoms with Crippen molar-refractivity contribution >= 4 is 11.8 Å². The molecule has 172 valence electrons. The Hall–Kier alpha value is -1.58. The molecule has 2 amide bonds. The summed E-state index contributed by atoms with van der Waals surface area (Å²) < 4.78 is 0. The predicted molar refractivity (Wildman–Crippen MR) is 123 cm³/mol. The van der Waals surface area contributed by atoms with Crippen molar-refractivity contribution in [3.63, 3.8) is 0 Å². The van der Waals surface area contributed by atoms with Gasteiger partial charge in [0.25, 0.3) is 0 Å². The Morgan fingerprint density at radius 2 is 1.12 bits per heavy atom. The Kier molecular flexibility index (Phi) is 4.32.